The Morgan fingerprint density at radius 3 is 2.28 bits per heavy atom. The van der Waals surface area contributed by atoms with E-state index >= 15 is 0 Å². The molecular weight excluding hydrogens is 310 g/mol. The van der Waals surface area contributed by atoms with Gasteiger partial charge in [0.05, 0.1) is 11.6 Å². The number of rotatable bonds is 4. The maximum absolute atomic E-state index is 12.5. The molecule has 2 aromatic rings. The molecule has 1 heterocycles. The zero-order chi connectivity index (χ0) is 17.6. The van der Waals surface area contributed by atoms with E-state index in [0.29, 0.717) is 17.7 Å². The van der Waals surface area contributed by atoms with Crippen molar-refractivity contribution < 1.29 is 4.79 Å². The Morgan fingerprint density at radius 1 is 1.04 bits per heavy atom. The molecule has 128 valence electrons. The van der Waals surface area contributed by atoms with Crippen LogP contribution in [0.3, 0.4) is 0 Å². The quantitative estimate of drug-likeness (QED) is 0.854. The monoisotopic (exact) mass is 333 g/mol. The first-order valence-corrected chi connectivity index (χ1v) is 8.77. The molecule has 0 spiro atoms. The third kappa shape index (κ3) is 4.19. The van der Waals surface area contributed by atoms with E-state index in [1.165, 1.54) is 24.9 Å². The van der Waals surface area contributed by atoms with Crippen molar-refractivity contribution in [3.8, 4) is 6.07 Å². The maximum atomic E-state index is 12.5. The number of amides is 1. The van der Waals surface area contributed by atoms with Gasteiger partial charge in [0.25, 0.3) is 5.91 Å². The zero-order valence-corrected chi connectivity index (χ0v) is 14.6. The molecular formula is C21H23N3O. The van der Waals surface area contributed by atoms with Crippen LogP contribution in [0, 0.1) is 11.3 Å². The molecule has 0 aliphatic carbocycles. The van der Waals surface area contributed by atoms with Gasteiger partial charge in [-0.25, -0.2) is 0 Å². The Kier molecular flexibility index (Phi) is 5.35. The molecule has 4 heteroatoms. The van der Waals surface area contributed by atoms with Gasteiger partial charge in [-0.15, -0.1) is 0 Å². The number of nitrogens with zero attached hydrogens (tertiary/aromatic N) is 3. The molecule has 2 aromatic carbocycles. The summed E-state index contributed by atoms with van der Waals surface area (Å²) < 4.78 is 0. The number of carbonyl (C=O) groups excluding carboxylic acids is 1. The standard InChI is InChI=1S/C21H23N3O/c1-23(21(25)19-9-5-17(15-22)6-10-19)16-18-7-11-20(12-8-18)24-13-3-2-4-14-24/h5-12H,2-4,13-14,16H2,1H3. The predicted octanol–water partition coefficient (Wildman–Crippen LogP) is 3.82. The molecule has 1 amide bonds. The Hall–Kier alpha value is -2.80. The van der Waals surface area contributed by atoms with E-state index in [4.69, 9.17) is 5.26 Å². The summed E-state index contributed by atoms with van der Waals surface area (Å²) in [6.07, 6.45) is 3.87. The van der Waals surface area contributed by atoms with Crippen LogP contribution < -0.4 is 4.90 Å². The lowest BCUT2D eigenvalue weighted by atomic mass is 10.1. The van der Waals surface area contributed by atoms with Crippen LogP contribution in [-0.2, 0) is 6.54 Å². The van der Waals surface area contributed by atoms with Crippen molar-refractivity contribution in [1.82, 2.24) is 4.90 Å². The van der Waals surface area contributed by atoms with Gasteiger partial charge >= 0.3 is 0 Å². The smallest absolute Gasteiger partial charge is 0.253 e. The predicted molar refractivity (Wildman–Crippen MR) is 99.5 cm³/mol. The van der Waals surface area contributed by atoms with Gasteiger partial charge in [-0.3, -0.25) is 4.79 Å². The van der Waals surface area contributed by atoms with Gasteiger partial charge in [-0.2, -0.15) is 5.26 Å². The lowest BCUT2D eigenvalue weighted by molar-refractivity contribution is 0.0785. The van der Waals surface area contributed by atoms with Crippen molar-refractivity contribution in [2.45, 2.75) is 25.8 Å². The number of benzene rings is 2. The normalized spacial score (nSPS) is 14.0. The molecule has 0 unspecified atom stereocenters. The Morgan fingerprint density at radius 2 is 1.68 bits per heavy atom. The van der Waals surface area contributed by atoms with Gasteiger partial charge in [-0.05, 0) is 61.2 Å². The van der Waals surface area contributed by atoms with Crippen molar-refractivity contribution in [1.29, 1.82) is 5.26 Å². The second kappa shape index (κ2) is 7.85. The molecule has 1 aliphatic rings. The minimum Gasteiger partial charge on any atom is -0.372 e. The molecule has 0 radical (unpaired) electrons. The number of piperidine rings is 1. The fourth-order valence-electron chi connectivity index (χ4n) is 3.22. The Balaban J connectivity index is 1.62. The number of carbonyl (C=O) groups is 1. The fourth-order valence-corrected chi connectivity index (χ4v) is 3.22. The molecule has 25 heavy (non-hydrogen) atoms. The summed E-state index contributed by atoms with van der Waals surface area (Å²) in [5.41, 5.74) is 3.55. The highest BCUT2D eigenvalue weighted by Gasteiger charge is 2.13. The molecule has 0 aromatic heterocycles. The van der Waals surface area contributed by atoms with Crippen LogP contribution in [0.4, 0.5) is 5.69 Å². The third-order valence-electron chi connectivity index (χ3n) is 4.68. The van der Waals surface area contributed by atoms with Gasteiger partial charge < -0.3 is 9.80 Å². The van der Waals surface area contributed by atoms with Crippen molar-refractivity contribution >= 4 is 11.6 Å². The van der Waals surface area contributed by atoms with E-state index in [9.17, 15) is 4.79 Å². The lowest BCUT2D eigenvalue weighted by Gasteiger charge is -2.29. The molecule has 0 saturated carbocycles. The summed E-state index contributed by atoms with van der Waals surface area (Å²) in [4.78, 5) is 16.6. The van der Waals surface area contributed by atoms with Crippen LogP contribution in [0.15, 0.2) is 48.5 Å². The van der Waals surface area contributed by atoms with Crippen LogP contribution in [0.25, 0.3) is 0 Å². The number of hydrogen-bond donors (Lipinski definition) is 0. The van der Waals surface area contributed by atoms with Crippen LogP contribution in [0.5, 0.6) is 0 Å². The van der Waals surface area contributed by atoms with Crippen LogP contribution >= 0.6 is 0 Å². The summed E-state index contributed by atoms with van der Waals surface area (Å²) in [5, 5.41) is 8.84. The summed E-state index contributed by atoms with van der Waals surface area (Å²) in [6.45, 7) is 2.84. The van der Waals surface area contributed by atoms with Gasteiger partial charge in [0.1, 0.15) is 0 Å². The van der Waals surface area contributed by atoms with Crippen LogP contribution in [-0.4, -0.2) is 30.9 Å². The first-order valence-electron chi connectivity index (χ1n) is 8.77. The highest BCUT2D eigenvalue weighted by molar-refractivity contribution is 5.94. The van der Waals surface area contributed by atoms with E-state index in [0.717, 1.165) is 18.7 Å². The van der Waals surface area contributed by atoms with Gasteiger partial charge in [0, 0.05) is 37.9 Å². The molecule has 0 atom stereocenters. The topological polar surface area (TPSA) is 47.3 Å². The highest BCUT2D eigenvalue weighted by atomic mass is 16.2. The number of nitriles is 1. The fraction of sp³-hybridized carbons (Fsp3) is 0.333. The number of hydrogen-bond acceptors (Lipinski definition) is 3. The average molecular weight is 333 g/mol. The molecule has 3 rings (SSSR count). The minimum atomic E-state index is -0.0374. The van der Waals surface area contributed by atoms with Crippen LogP contribution in [0.2, 0.25) is 0 Å². The van der Waals surface area contributed by atoms with Crippen LogP contribution in [0.1, 0.15) is 40.7 Å². The molecule has 1 saturated heterocycles. The van der Waals surface area contributed by atoms with Gasteiger partial charge in [0.2, 0.25) is 0 Å². The average Bonchev–Trinajstić information content (AvgIpc) is 2.68. The van der Waals surface area contributed by atoms with E-state index in [-0.39, 0.29) is 5.91 Å². The van der Waals surface area contributed by atoms with Crippen molar-refractivity contribution in [2.24, 2.45) is 0 Å². The summed E-state index contributed by atoms with van der Waals surface area (Å²) in [5.74, 6) is -0.0374. The largest absolute Gasteiger partial charge is 0.372 e. The lowest BCUT2D eigenvalue weighted by Crippen LogP contribution is -2.29. The van der Waals surface area contributed by atoms with Gasteiger partial charge in [0.15, 0.2) is 0 Å². The van der Waals surface area contributed by atoms with E-state index in [2.05, 4.69) is 35.2 Å². The molecule has 1 aliphatic heterocycles. The molecule has 4 nitrogen and oxygen atoms in total. The first-order chi connectivity index (χ1) is 12.2. The van der Waals surface area contributed by atoms with E-state index in [1.807, 2.05) is 0 Å². The first kappa shape index (κ1) is 17.0. The molecule has 0 N–H and O–H groups in total. The van der Waals surface area contributed by atoms with E-state index in [1.54, 1.807) is 36.2 Å². The molecule has 0 bridgehead atoms. The SMILES string of the molecule is CN(Cc1ccc(N2CCCCC2)cc1)C(=O)c1ccc(C#N)cc1. The Labute approximate surface area is 149 Å². The van der Waals surface area contributed by atoms with E-state index < -0.39 is 0 Å². The highest BCUT2D eigenvalue weighted by Crippen LogP contribution is 2.21. The van der Waals surface area contributed by atoms with Crippen molar-refractivity contribution in [3.05, 3.63) is 65.2 Å². The second-order valence-corrected chi connectivity index (χ2v) is 6.56. The summed E-state index contributed by atoms with van der Waals surface area (Å²) in [6, 6.07) is 17.3. The second-order valence-electron chi connectivity index (χ2n) is 6.56. The zero-order valence-electron chi connectivity index (χ0n) is 14.6. The maximum Gasteiger partial charge on any atom is 0.253 e. The Bertz CT molecular complexity index is 753. The van der Waals surface area contributed by atoms with Gasteiger partial charge in [-0.1, -0.05) is 12.1 Å². The van der Waals surface area contributed by atoms with Crippen molar-refractivity contribution in [2.75, 3.05) is 25.0 Å². The third-order valence-corrected chi connectivity index (χ3v) is 4.68. The molecule has 1 fully saturated rings. The summed E-state index contributed by atoms with van der Waals surface area (Å²) in [7, 11) is 1.80. The number of anilines is 1. The minimum absolute atomic E-state index is 0.0374. The van der Waals surface area contributed by atoms with Crippen molar-refractivity contribution in [3.63, 3.8) is 0 Å². The summed E-state index contributed by atoms with van der Waals surface area (Å²) >= 11 is 0.